The quantitative estimate of drug-likeness (QED) is 0.469. The summed E-state index contributed by atoms with van der Waals surface area (Å²) in [5.74, 6) is 0. The van der Waals surface area contributed by atoms with Crippen LogP contribution in [0.2, 0.25) is 0 Å². The second kappa shape index (κ2) is 6.14. The van der Waals surface area contributed by atoms with Crippen LogP contribution in [0.1, 0.15) is 11.1 Å². The Labute approximate surface area is 119 Å². The topological polar surface area (TPSA) is 43.1 Å². The maximum absolute atomic E-state index is 10.6. The monoisotopic (exact) mass is 315 g/mol. The molecule has 0 heterocycles. The highest BCUT2D eigenvalue weighted by Crippen LogP contribution is 2.14. The lowest BCUT2D eigenvalue weighted by atomic mass is 10.2. The minimum atomic E-state index is -0.407. The van der Waals surface area contributed by atoms with E-state index in [0.717, 1.165) is 15.6 Å². The Bertz CT molecular complexity index is 656. The number of halogens is 1. The first kappa shape index (κ1) is 13.3. The molecule has 0 unspecified atom stereocenters. The highest BCUT2D eigenvalue weighted by atomic mass is 79.9. The molecule has 0 amide bonds. The average Bonchev–Trinajstić information content (AvgIpc) is 2.41. The van der Waals surface area contributed by atoms with Gasteiger partial charge in [-0.05, 0) is 35.4 Å². The summed E-state index contributed by atoms with van der Waals surface area (Å²) in [6.07, 6.45) is 3.54. The first-order valence-corrected chi connectivity index (χ1v) is 6.37. The molecule has 0 bridgehead atoms. The highest BCUT2D eigenvalue weighted by molar-refractivity contribution is 9.10. The van der Waals surface area contributed by atoms with Gasteiger partial charge in [-0.1, -0.05) is 40.2 Å². The summed E-state index contributed by atoms with van der Waals surface area (Å²) in [4.78, 5) is 10.2. The van der Waals surface area contributed by atoms with Crippen LogP contribution in [-0.4, -0.2) is 4.92 Å². The van der Waals surface area contributed by atoms with Gasteiger partial charge < -0.3 is 0 Å². The smallest absolute Gasteiger partial charge is 0.258 e. The third-order valence-corrected chi connectivity index (χ3v) is 2.98. The molecule has 0 atom stereocenters. The minimum absolute atomic E-state index is 0.0826. The predicted molar refractivity (Wildman–Crippen MR) is 79.7 cm³/mol. The molecule has 4 heteroatoms. The summed E-state index contributed by atoms with van der Waals surface area (Å²) < 4.78 is 1.02. The number of benzene rings is 2. The molecule has 0 saturated heterocycles. The Morgan fingerprint density at radius 3 is 2.42 bits per heavy atom. The van der Waals surface area contributed by atoms with Crippen molar-refractivity contribution in [3.05, 3.63) is 80.0 Å². The van der Waals surface area contributed by atoms with Gasteiger partial charge in [0.15, 0.2) is 0 Å². The maximum Gasteiger partial charge on any atom is 0.270 e. The summed E-state index contributed by atoms with van der Waals surface area (Å²) in [6, 6.07) is 14.2. The lowest BCUT2D eigenvalue weighted by molar-refractivity contribution is -0.384. The lowest BCUT2D eigenvalue weighted by Crippen LogP contribution is -1.87. The number of nitrogens with zero attached hydrogens (tertiary/aromatic N) is 1. The van der Waals surface area contributed by atoms with Gasteiger partial charge in [0.1, 0.15) is 0 Å². The molecule has 2 aromatic carbocycles. The molecule has 0 spiro atoms. The Balaban J connectivity index is 2.20. The predicted octanol–water partition coefficient (Wildman–Crippen LogP) is 4.68. The molecule has 2 rings (SSSR count). The number of nitro benzene ring substituents is 1. The molecule has 0 aliphatic carbocycles. The van der Waals surface area contributed by atoms with E-state index in [9.17, 15) is 10.1 Å². The number of non-ortho nitro benzene ring substituents is 1. The fraction of sp³-hybridized carbons (Fsp3) is 0. The van der Waals surface area contributed by atoms with E-state index in [2.05, 4.69) is 21.7 Å². The molecule has 0 N–H and O–H groups in total. The van der Waals surface area contributed by atoms with Crippen molar-refractivity contribution in [3.8, 4) is 0 Å². The van der Waals surface area contributed by atoms with Crippen LogP contribution in [0.5, 0.6) is 0 Å². The van der Waals surface area contributed by atoms with Crippen molar-refractivity contribution in [1.82, 2.24) is 0 Å². The summed E-state index contributed by atoms with van der Waals surface area (Å²) >= 11 is 3.37. The molecule has 0 fully saturated rings. The van der Waals surface area contributed by atoms with E-state index >= 15 is 0 Å². The van der Waals surface area contributed by atoms with Crippen molar-refractivity contribution in [2.24, 2.45) is 0 Å². The van der Waals surface area contributed by atoms with Crippen LogP contribution in [0.3, 0.4) is 0 Å². The van der Waals surface area contributed by atoms with Gasteiger partial charge in [0.25, 0.3) is 5.69 Å². The molecular formula is C15H10BrNO2. The molecule has 0 aliphatic rings. The number of rotatable bonds is 3. The highest BCUT2D eigenvalue weighted by Gasteiger charge is 2.03. The maximum atomic E-state index is 10.6. The van der Waals surface area contributed by atoms with Gasteiger partial charge in [0.2, 0.25) is 0 Å². The Morgan fingerprint density at radius 2 is 1.74 bits per heavy atom. The fourth-order valence-corrected chi connectivity index (χ4v) is 1.79. The number of hydrogen-bond donors (Lipinski definition) is 0. The Kier molecular flexibility index (Phi) is 4.29. The molecule has 3 nitrogen and oxygen atoms in total. The van der Waals surface area contributed by atoms with Gasteiger partial charge in [0.05, 0.1) is 4.92 Å². The minimum Gasteiger partial charge on any atom is -0.258 e. The van der Waals surface area contributed by atoms with Crippen molar-refractivity contribution in [2.45, 2.75) is 0 Å². The van der Waals surface area contributed by atoms with Crippen LogP contribution in [0.4, 0.5) is 5.69 Å². The SMILES string of the molecule is O=[N+]([O-])c1cccc(C=C=Cc2ccc(Br)cc2)c1. The van der Waals surface area contributed by atoms with Gasteiger partial charge in [-0.25, -0.2) is 0 Å². The first-order valence-electron chi connectivity index (χ1n) is 5.58. The zero-order chi connectivity index (χ0) is 13.7. The van der Waals surface area contributed by atoms with Gasteiger partial charge in [-0.2, -0.15) is 0 Å². The van der Waals surface area contributed by atoms with Gasteiger partial charge >= 0.3 is 0 Å². The van der Waals surface area contributed by atoms with Gasteiger partial charge in [-0.3, -0.25) is 10.1 Å². The van der Waals surface area contributed by atoms with Crippen LogP contribution < -0.4 is 0 Å². The second-order valence-corrected chi connectivity index (χ2v) is 4.77. The average molecular weight is 316 g/mol. The summed E-state index contributed by atoms with van der Waals surface area (Å²) in [5.41, 5.74) is 4.87. The van der Waals surface area contributed by atoms with Crippen molar-refractivity contribution in [2.75, 3.05) is 0 Å². The van der Waals surface area contributed by atoms with Crippen molar-refractivity contribution >= 4 is 33.8 Å². The van der Waals surface area contributed by atoms with Crippen LogP contribution in [0.15, 0.2) is 58.7 Å². The molecule has 0 aliphatic heterocycles. The molecule has 0 saturated carbocycles. The number of hydrogen-bond acceptors (Lipinski definition) is 2. The number of nitro groups is 1. The van der Waals surface area contributed by atoms with Crippen molar-refractivity contribution in [1.29, 1.82) is 0 Å². The second-order valence-electron chi connectivity index (χ2n) is 3.86. The van der Waals surface area contributed by atoms with Crippen molar-refractivity contribution in [3.63, 3.8) is 0 Å². The Morgan fingerprint density at radius 1 is 1.05 bits per heavy atom. The molecule has 94 valence electrons. The first-order chi connectivity index (χ1) is 9.15. The van der Waals surface area contributed by atoms with Gasteiger partial charge in [0, 0.05) is 16.6 Å². The molecule has 2 aromatic rings. The lowest BCUT2D eigenvalue weighted by Gasteiger charge is -1.93. The molecular weight excluding hydrogens is 306 g/mol. The summed E-state index contributed by atoms with van der Waals surface area (Å²) in [6.45, 7) is 0. The van der Waals surface area contributed by atoms with Gasteiger partial charge in [-0.15, -0.1) is 5.73 Å². The normalized spacial score (nSPS) is 9.53. The third-order valence-electron chi connectivity index (χ3n) is 2.45. The Hall–Kier alpha value is -2.16. The third kappa shape index (κ3) is 3.91. The standard InChI is InChI=1S/C15H10BrNO2/c16-14-9-7-12(8-10-14)3-1-4-13-5-2-6-15(11-13)17(18)19/h2-11H. The van der Waals surface area contributed by atoms with Crippen LogP contribution in [0, 0.1) is 10.1 Å². The molecule has 0 aromatic heterocycles. The van der Waals surface area contributed by atoms with Crippen molar-refractivity contribution < 1.29 is 4.92 Å². The van der Waals surface area contributed by atoms with Crippen LogP contribution >= 0.6 is 15.9 Å². The zero-order valence-electron chi connectivity index (χ0n) is 9.92. The van der Waals surface area contributed by atoms with Crippen LogP contribution in [0.25, 0.3) is 12.2 Å². The fourth-order valence-electron chi connectivity index (χ4n) is 1.52. The molecule has 0 radical (unpaired) electrons. The van der Waals surface area contributed by atoms with E-state index in [0.29, 0.717) is 0 Å². The van der Waals surface area contributed by atoms with E-state index in [1.165, 1.54) is 12.1 Å². The molecule has 19 heavy (non-hydrogen) atoms. The summed E-state index contributed by atoms with van der Waals surface area (Å²) in [7, 11) is 0. The van der Waals surface area contributed by atoms with E-state index in [-0.39, 0.29) is 5.69 Å². The van der Waals surface area contributed by atoms with E-state index in [4.69, 9.17) is 0 Å². The summed E-state index contributed by atoms with van der Waals surface area (Å²) in [5, 5.41) is 10.6. The van der Waals surface area contributed by atoms with Crippen LogP contribution in [-0.2, 0) is 0 Å². The van der Waals surface area contributed by atoms with E-state index in [1.807, 2.05) is 30.3 Å². The zero-order valence-corrected chi connectivity index (χ0v) is 11.5. The van der Waals surface area contributed by atoms with E-state index < -0.39 is 4.92 Å². The largest absolute Gasteiger partial charge is 0.270 e. The van der Waals surface area contributed by atoms with E-state index in [1.54, 1.807) is 18.2 Å².